The Balaban J connectivity index is 1.77. The van der Waals surface area contributed by atoms with Gasteiger partial charge in [0.2, 0.25) is 0 Å². The zero-order chi connectivity index (χ0) is 29.3. The van der Waals surface area contributed by atoms with Crippen molar-refractivity contribution in [3.63, 3.8) is 0 Å². The number of nitrogens with zero attached hydrogens (tertiary/aromatic N) is 2. The fraction of sp³-hybridized carbons (Fsp3) is 0.211. The van der Waals surface area contributed by atoms with Crippen molar-refractivity contribution in [2.75, 3.05) is 0 Å². The van der Waals surface area contributed by atoms with Crippen molar-refractivity contribution in [1.82, 2.24) is 4.98 Å². The Labute approximate surface area is 244 Å². The molecule has 0 saturated carbocycles. The molecule has 5 rings (SSSR count). The second kappa shape index (κ2) is 11.5. The van der Waals surface area contributed by atoms with Gasteiger partial charge in [-0.3, -0.25) is 0 Å². The average molecular weight is 538 g/mol. The lowest BCUT2D eigenvalue weighted by Gasteiger charge is -2.12. The van der Waals surface area contributed by atoms with Gasteiger partial charge in [-0.25, -0.2) is 9.98 Å². The first-order valence-electron chi connectivity index (χ1n) is 14.3. The summed E-state index contributed by atoms with van der Waals surface area (Å²) in [6.07, 6.45) is 0. The number of aromatic nitrogens is 1. The Morgan fingerprint density at radius 2 is 0.780 bits per heavy atom. The SMILES string of the molecule is Cc1cc(C)c(N=C(c2ccccc2)c2[nH]c(C(=Nc3c(C)cc(C)cc3C)c3ccccc3)c(C)c2C)c(C)c1. The number of benzene rings is 4. The molecule has 4 aromatic carbocycles. The van der Waals surface area contributed by atoms with E-state index in [4.69, 9.17) is 9.98 Å². The van der Waals surface area contributed by atoms with Gasteiger partial charge in [-0.2, -0.15) is 0 Å². The smallest absolute Gasteiger partial charge is 0.0947 e. The first kappa shape index (κ1) is 28.0. The lowest BCUT2D eigenvalue weighted by Crippen LogP contribution is -2.08. The molecule has 206 valence electrons. The molecule has 0 bridgehead atoms. The minimum atomic E-state index is 0.933. The van der Waals surface area contributed by atoms with Gasteiger partial charge in [0.25, 0.3) is 0 Å². The predicted octanol–water partition coefficient (Wildman–Crippen LogP) is 9.82. The molecule has 0 aliphatic heterocycles. The molecular weight excluding hydrogens is 498 g/mol. The second-order valence-corrected chi connectivity index (χ2v) is 11.3. The van der Waals surface area contributed by atoms with Crippen molar-refractivity contribution in [3.05, 3.63) is 152 Å². The Kier molecular flexibility index (Phi) is 7.90. The topological polar surface area (TPSA) is 40.5 Å². The summed E-state index contributed by atoms with van der Waals surface area (Å²) in [6.45, 7) is 17.2. The van der Waals surface area contributed by atoms with E-state index in [0.29, 0.717) is 0 Å². The molecule has 5 aromatic rings. The van der Waals surface area contributed by atoms with Gasteiger partial charge >= 0.3 is 0 Å². The van der Waals surface area contributed by atoms with Crippen LogP contribution >= 0.6 is 0 Å². The summed E-state index contributed by atoms with van der Waals surface area (Å²) in [4.78, 5) is 14.5. The fourth-order valence-corrected chi connectivity index (χ4v) is 5.80. The maximum absolute atomic E-state index is 5.35. The van der Waals surface area contributed by atoms with Crippen molar-refractivity contribution >= 4 is 22.8 Å². The Hall–Kier alpha value is -4.50. The van der Waals surface area contributed by atoms with Crippen LogP contribution in [0.3, 0.4) is 0 Å². The number of aromatic amines is 1. The molecular formula is C38H39N3. The summed E-state index contributed by atoms with van der Waals surface area (Å²) >= 11 is 0. The van der Waals surface area contributed by atoms with Gasteiger partial charge < -0.3 is 4.98 Å². The van der Waals surface area contributed by atoms with E-state index < -0.39 is 0 Å². The van der Waals surface area contributed by atoms with Crippen molar-refractivity contribution < 1.29 is 0 Å². The number of hydrogen-bond acceptors (Lipinski definition) is 2. The van der Waals surface area contributed by atoms with Crippen molar-refractivity contribution in [1.29, 1.82) is 0 Å². The van der Waals surface area contributed by atoms with Gasteiger partial charge in [0.1, 0.15) is 0 Å². The molecule has 3 heteroatoms. The molecule has 3 nitrogen and oxygen atoms in total. The van der Waals surface area contributed by atoms with Crippen LogP contribution in [0.15, 0.2) is 94.9 Å². The molecule has 0 radical (unpaired) electrons. The third kappa shape index (κ3) is 5.71. The number of H-pyrrole nitrogens is 1. The number of aliphatic imine (C=N–C) groups is 2. The monoisotopic (exact) mass is 537 g/mol. The molecule has 1 N–H and O–H groups in total. The number of aryl methyl sites for hydroxylation is 6. The number of hydrogen-bond donors (Lipinski definition) is 1. The highest BCUT2D eigenvalue weighted by molar-refractivity contribution is 6.18. The summed E-state index contributed by atoms with van der Waals surface area (Å²) in [6, 6.07) is 29.8. The standard InChI is InChI=1S/C38H39N3/c1-23-19-25(3)33(26(4)20-23)39-37(31-15-11-9-12-16-31)35-29(7)30(8)36(41-35)38(32-17-13-10-14-18-32)40-34-27(5)21-24(2)22-28(34)6/h9-22,41H,1-8H3. The lowest BCUT2D eigenvalue weighted by atomic mass is 9.99. The van der Waals surface area contributed by atoms with Crippen LogP contribution in [0.5, 0.6) is 0 Å². The van der Waals surface area contributed by atoms with E-state index in [1.807, 2.05) is 12.1 Å². The van der Waals surface area contributed by atoms with Gasteiger partial charge in [-0.05, 0) is 88.8 Å². The highest BCUT2D eigenvalue weighted by atomic mass is 14.9. The quantitative estimate of drug-likeness (QED) is 0.209. The maximum atomic E-state index is 5.35. The number of nitrogens with one attached hydrogen (secondary N) is 1. The summed E-state index contributed by atoms with van der Waals surface area (Å²) in [7, 11) is 0. The Morgan fingerprint density at radius 1 is 0.463 bits per heavy atom. The Bertz CT molecular complexity index is 1610. The van der Waals surface area contributed by atoms with Crippen molar-refractivity contribution in [2.45, 2.75) is 55.4 Å². The van der Waals surface area contributed by atoms with Crippen molar-refractivity contribution in [3.8, 4) is 0 Å². The van der Waals surface area contributed by atoms with Crippen LogP contribution in [0.4, 0.5) is 11.4 Å². The van der Waals surface area contributed by atoms with E-state index in [2.05, 4.69) is 133 Å². The maximum Gasteiger partial charge on any atom is 0.0947 e. The van der Waals surface area contributed by atoms with Gasteiger partial charge in [-0.15, -0.1) is 0 Å². The van der Waals surface area contributed by atoms with Crippen LogP contribution in [-0.4, -0.2) is 16.4 Å². The fourth-order valence-electron chi connectivity index (χ4n) is 5.80. The molecule has 0 saturated heterocycles. The first-order chi connectivity index (χ1) is 19.6. The summed E-state index contributed by atoms with van der Waals surface area (Å²) in [5.41, 5.74) is 17.6. The molecule has 0 unspecified atom stereocenters. The van der Waals surface area contributed by atoms with Gasteiger partial charge in [0, 0.05) is 11.1 Å². The summed E-state index contributed by atoms with van der Waals surface area (Å²) in [5, 5.41) is 0. The van der Waals surface area contributed by atoms with E-state index in [1.165, 1.54) is 44.5 Å². The van der Waals surface area contributed by atoms with Gasteiger partial charge in [0.15, 0.2) is 0 Å². The van der Waals surface area contributed by atoms with Gasteiger partial charge in [0.05, 0.1) is 34.2 Å². The molecule has 41 heavy (non-hydrogen) atoms. The zero-order valence-electron chi connectivity index (χ0n) is 25.5. The molecule has 0 fully saturated rings. The van der Waals surface area contributed by atoms with Crippen LogP contribution in [0.25, 0.3) is 0 Å². The van der Waals surface area contributed by atoms with Gasteiger partial charge in [-0.1, -0.05) is 96.1 Å². The van der Waals surface area contributed by atoms with Crippen molar-refractivity contribution in [2.24, 2.45) is 9.98 Å². The molecule has 1 aromatic heterocycles. The van der Waals surface area contributed by atoms with Crippen LogP contribution in [0, 0.1) is 55.4 Å². The van der Waals surface area contributed by atoms with Crippen LogP contribution in [-0.2, 0) is 0 Å². The molecule has 0 aliphatic rings. The van der Waals surface area contributed by atoms with E-state index in [0.717, 1.165) is 45.3 Å². The highest BCUT2D eigenvalue weighted by Gasteiger charge is 2.22. The number of rotatable bonds is 6. The average Bonchev–Trinajstić information content (AvgIpc) is 3.22. The first-order valence-corrected chi connectivity index (χ1v) is 14.3. The molecule has 0 aliphatic carbocycles. The third-order valence-electron chi connectivity index (χ3n) is 7.85. The van der Waals surface area contributed by atoms with Crippen LogP contribution in [0.2, 0.25) is 0 Å². The van der Waals surface area contributed by atoms with Crippen LogP contribution < -0.4 is 0 Å². The normalized spacial score (nSPS) is 12.2. The predicted molar refractivity (Wildman–Crippen MR) is 175 cm³/mol. The molecule has 0 amide bonds. The molecule has 0 atom stereocenters. The van der Waals surface area contributed by atoms with E-state index in [9.17, 15) is 0 Å². The van der Waals surface area contributed by atoms with E-state index in [1.54, 1.807) is 0 Å². The van der Waals surface area contributed by atoms with Crippen LogP contribution in [0.1, 0.15) is 67.0 Å². The summed E-state index contributed by atoms with van der Waals surface area (Å²) in [5.74, 6) is 0. The minimum absolute atomic E-state index is 0.933. The molecule has 0 spiro atoms. The highest BCUT2D eigenvalue weighted by Crippen LogP contribution is 2.32. The largest absolute Gasteiger partial charge is 0.352 e. The molecule has 1 heterocycles. The van der Waals surface area contributed by atoms with E-state index >= 15 is 0 Å². The Morgan fingerprint density at radius 3 is 1.10 bits per heavy atom. The van der Waals surface area contributed by atoms with E-state index in [-0.39, 0.29) is 0 Å². The second-order valence-electron chi connectivity index (χ2n) is 11.3. The minimum Gasteiger partial charge on any atom is -0.352 e. The lowest BCUT2D eigenvalue weighted by molar-refractivity contribution is 1.25. The third-order valence-corrected chi connectivity index (χ3v) is 7.85. The summed E-state index contributed by atoms with van der Waals surface area (Å²) < 4.78 is 0. The zero-order valence-corrected chi connectivity index (χ0v) is 25.5.